The zero-order valence-electron chi connectivity index (χ0n) is 23.6. The molecule has 3 amide bonds. The molecule has 0 aromatic heterocycles. The summed E-state index contributed by atoms with van der Waals surface area (Å²) in [6, 6.07) is 7.00. The molecule has 1 aromatic rings. The number of alkyl halides is 3. The number of rotatable bonds is 6. The average molecular weight is 572 g/mol. The highest BCUT2D eigenvalue weighted by molar-refractivity contribution is 6.09. The Morgan fingerprint density at radius 3 is 2.00 bits per heavy atom. The van der Waals surface area contributed by atoms with Crippen molar-refractivity contribution in [2.45, 2.75) is 64.2 Å². The van der Waals surface area contributed by atoms with Gasteiger partial charge in [-0.2, -0.15) is 13.2 Å². The van der Waals surface area contributed by atoms with E-state index in [1.165, 1.54) is 14.2 Å². The lowest BCUT2D eigenvalue weighted by Crippen LogP contribution is -2.58. The summed E-state index contributed by atoms with van der Waals surface area (Å²) in [6.45, 7) is 10.6. The van der Waals surface area contributed by atoms with Crippen LogP contribution in [0.2, 0.25) is 0 Å². The van der Waals surface area contributed by atoms with E-state index in [9.17, 15) is 32.3 Å². The van der Waals surface area contributed by atoms with Crippen LogP contribution in [0.15, 0.2) is 24.3 Å². The molecular weight excluding hydrogens is 535 g/mol. The number of nitrogens with one attached hydrogen (secondary N) is 1. The number of amides is 3. The first kappa shape index (κ1) is 32.7. The van der Waals surface area contributed by atoms with E-state index in [2.05, 4.69) is 26.1 Å². The van der Waals surface area contributed by atoms with Crippen molar-refractivity contribution in [1.29, 1.82) is 0 Å². The first-order valence-corrected chi connectivity index (χ1v) is 12.7. The topological polar surface area (TPSA) is 133 Å². The number of imide groups is 1. The molecule has 13 heteroatoms. The van der Waals surface area contributed by atoms with Crippen LogP contribution in [0, 0.1) is 11.8 Å². The zero-order valence-corrected chi connectivity index (χ0v) is 23.6. The number of ether oxygens (including phenoxy) is 1. The molecule has 0 spiro atoms. The third-order valence-corrected chi connectivity index (χ3v) is 7.41. The maximum absolute atomic E-state index is 13.3. The molecule has 4 atom stereocenters. The Morgan fingerprint density at radius 1 is 1.07 bits per heavy atom. The highest BCUT2D eigenvalue weighted by Gasteiger charge is 2.67. The van der Waals surface area contributed by atoms with Crippen molar-refractivity contribution in [2.75, 3.05) is 27.2 Å². The molecular formula is C27H36F3N3O7. The lowest BCUT2D eigenvalue weighted by molar-refractivity contribution is -0.192. The predicted molar refractivity (Wildman–Crippen MR) is 137 cm³/mol. The molecule has 1 aromatic carbocycles. The van der Waals surface area contributed by atoms with Crippen LogP contribution in [-0.2, 0) is 29.3 Å². The second-order valence-electron chi connectivity index (χ2n) is 10.8. The van der Waals surface area contributed by atoms with Crippen molar-refractivity contribution in [3.8, 4) is 0 Å². The molecule has 2 aliphatic rings. The summed E-state index contributed by atoms with van der Waals surface area (Å²) in [4.78, 5) is 63.6. The Labute approximate surface area is 230 Å². The summed E-state index contributed by atoms with van der Waals surface area (Å²) in [5.74, 6) is -5.78. The lowest BCUT2D eigenvalue weighted by Gasteiger charge is -2.32. The van der Waals surface area contributed by atoms with Crippen LogP contribution in [0.4, 0.5) is 13.2 Å². The number of carbonyl (C=O) groups excluding carboxylic acids is 4. The van der Waals surface area contributed by atoms with Gasteiger partial charge in [0.2, 0.25) is 11.8 Å². The second-order valence-corrected chi connectivity index (χ2v) is 10.8. The van der Waals surface area contributed by atoms with E-state index in [-0.39, 0.29) is 29.7 Å². The number of halogens is 3. The van der Waals surface area contributed by atoms with Crippen LogP contribution in [0.25, 0.3) is 0 Å². The number of fused-ring (bicyclic) bond motifs is 1. The zero-order chi connectivity index (χ0) is 30.8. The Bertz CT molecular complexity index is 1150. The molecule has 3 rings (SSSR count). The van der Waals surface area contributed by atoms with E-state index >= 15 is 0 Å². The van der Waals surface area contributed by atoms with Gasteiger partial charge in [-0.1, -0.05) is 39.8 Å². The maximum atomic E-state index is 13.3. The van der Waals surface area contributed by atoms with E-state index in [0.717, 1.165) is 10.5 Å². The summed E-state index contributed by atoms with van der Waals surface area (Å²) in [6.07, 6.45) is -4.79. The van der Waals surface area contributed by atoms with E-state index in [1.807, 2.05) is 31.2 Å². The predicted octanol–water partition coefficient (Wildman–Crippen LogP) is 2.60. The SMILES string of the molecule is CCN(C[C@H]1N[C@@](CC)(C(=O)OC)[C@H]2C(=O)N(C)C(=O)[C@@H]12)C(=O)c1ccc(C(C)(C)C)cc1.O=C(O)C(F)(F)F. The van der Waals surface area contributed by atoms with Gasteiger partial charge in [-0.05, 0) is 36.5 Å². The average Bonchev–Trinajstić information content (AvgIpc) is 3.34. The standard InChI is InChI=1S/C25H35N3O5.C2HF3O2/c1-8-25(23(32)33-7)19-18(21(30)27(6)22(19)31)17(26-25)14-28(9-2)20(29)15-10-12-16(13-11-15)24(3,4)5;3-2(4,5)1(6)7/h10-13,17-19,26H,8-9,14H2,1-7H3;(H,6,7)/t17-,18+,19-,25-;/m1./s1. The van der Waals surface area contributed by atoms with Gasteiger partial charge in [0.15, 0.2) is 0 Å². The van der Waals surface area contributed by atoms with Gasteiger partial charge in [0.25, 0.3) is 5.91 Å². The molecule has 2 saturated heterocycles. The minimum atomic E-state index is -5.08. The molecule has 2 fully saturated rings. The van der Waals surface area contributed by atoms with E-state index in [0.29, 0.717) is 18.5 Å². The first-order valence-electron chi connectivity index (χ1n) is 12.7. The fraction of sp³-hybridized carbons (Fsp3) is 0.593. The van der Waals surface area contributed by atoms with Crippen LogP contribution >= 0.6 is 0 Å². The lowest BCUT2D eigenvalue weighted by atomic mass is 9.78. The molecule has 0 unspecified atom stereocenters. The highest BCUT2D eigenvalue weighted by Crippen LogP contribution is 2.44. The van der Waals surface area contributed by atoms with E-state index in [1.54, 1.807) is 11.8 Å². The number of methoxy groups -OCH3 is 1. The molecule has 0 radical (unpaired) electrons. The van der Waals surface area contributed by atoms with Crippen molar-refractivity contribution >= 4 is 29.7 Å². The minimum absolute atomic E-state index is 0.0203. The molecule has 0 aliphatic carbocycles. The number of carbonyl (C=O) groups is 5. The van der Waals surface area contributed by atoms with Gasteiger partial charge in [0.05, 0.1) is 18.9 Å². The number of hydrogen-bond acceptors (Lipinski definition) is 7. The van der Waals surface area contributed by atoms with Gasteiger partial charge in [0.1, 0.15) is 5.54 Å². The Morgan fingerprint density at radius 2 is 1.60 bits per heavy atom. The van der Waals surface area contributed by atoms with Gasteiger partial charge in [0, 0.05) is 31.7 Å². The number of hydrogen-bond donors (Lipinski definition) is 2. The largest absolute Gasteiger partial charge is 0.490 e. The van der Waals surface area contributed by atoms with Gasteiger partial charge >= 0.3 is 18.1 Å². The second kappa shape index (κ2) is 11.9. The fourth-order valence-electron chi connectivity index (χ4n) is 5.15. The number of carboxylic acid groups (broad SMARTS) is 1. The number of esters is 1. The molecule has 222 valence electrons. The molecule has 2 heterocycles. The number of nitrogens with zero attached hydrogens (tertiary/aromatic N) is 2. The summed E-state index contributed by atoms with van der Waals surface area (Å²) < 4.78 is 36.8. The van der Waals surface area contributed by atoms with Gasteiger partial charge < -0.3 is 14.7 Å². The van der Waals surface area contributed by atoms with Gasteiger partial charge in [-0.15, -0.1) is 0 Å². The Hall–Kier alpha value is -3.48. The smallest absolute Gasteiger partial charge is 0.475 e. The van der Waals surface area contributed by atoms with Crippen molar-refractivity contribution in [3.63, 3.8) is 0 Å². The fourth-order valence-corrected chi connectivity index (χ4v) is 5.15. The monoisotopic (exact) mass is 571 g/mol. The van der Waals surface area contributed by atoms with E-state index in [4.69, 9.17) is 14.6 Å². The van der Waals surface area contributed by atoms with Crippen LogP contribution in [-0.4, -0.2) is 89.6 Å². The number of carboxylic acids is 1. The number of likely N-dealkylation sites (N-methyl/N-ethyl adjacent to an activating group) is 1. The maximum Gasteiger partial charge on any atom is 0.490 e. The van der Waals surface area contributed by atoms with Crippen molar-refractivity contribution in [3.05, 3.63) is 35.4 Å². The molecule has 2 aliphatic heterocycles. The summed E-state index contributed by atoms with van der Waals surface area (Å²) in [5, 5.41) is 10.4. The minimum Gasteiger partial charge on any atom is -0.475 e. The van der Waals surface area contributed by atoms with E-state index < -0.39 is 41.5 Å². The molecule has 10 nitrogen and oxygen atoms in total. The number of aliphatic carboxylic acids is 1. The Kier molecular flexibility index (Phi) is 9.78. The van der Waals surface area contributed by atoms with Crippen LogP contribution < -0.4 is 5.32 Å². The van der Waals surface area contributed by atoms with Crippen LogP contribution in [0.3, 0.4) is 0 Å². The quantitative estimate of drug-likeness (QED) is 0.393. The van der Waals surface area contributed by atoms with Crippen LogP contribution in [0.1, 0.15) is 57.0 Å². The molecule has 0 saturated carbocycles. The van der Waals surface area contributed by atoms with Crippen molar-refractivity contribution in [2.24, 2.45) is 11.8 Å². The van der Waals surface area contributed by atoms with Crippen molar-refractivity contribution < 1.29 is 47.0 Å². The molecule has 2 N–H and O–H groups in total. The van der Waals surface area contributed by atoms with Gasteiger partial charge in [-0.3, -0.25) is 29.4 Å². The first-order chi connectivity index (χ1) is 18.4. The third kappa shape index (κ3) is 6.29. The summed E-state index contributed by atoms with van der Waals surface area (Å²) in [7, 11) is 2.72. The summed E-state index contributed by atoms with van der Waals surface area (Å²) in [5.41, 5.74) is 0.373. The van der Waals surface area contributed by atoms with Crippen molar-refractivity contribution in [1.82, 2.24) is 15.1 Å². The summed E-state index contributed by atoms with van der Waals surface area (Å²) >= 11 is 0. The Balaban J connectivity index is 0.000000708. The van der Waals surface area contributed by atoms with Crippen LogP contribution in [0.5, 0.6) is 0 Å². The number of likely N-dealkylation sites (tertiary alicyclic amines) is 1. The number of benzene rings is 1. The highest BCUT2D eigenvalue weighted by atomic mass is 19.4. The third-order valence-electron chi connectivity index (χ3n) is 7.41. The van der Waals surface area contributed by atoms with Gasteiger partial charge in [-0.25, -0.2) is 4.79 Å². The molecule has 0 bridgehead atoms. The normalized spacial score (nSPS) is 24.2. The molecule has 40 heavy (non-hydrogen) atoms.